The van der Waals surface area contributed by atoms with Crippen LogP contribution < -0.4 is 0 Å². The van der Waals surface area contributed by atoms with Crippen molar-refractivity contribution < 1.29 is 38.9 Å². The Balaban J connectivity index is 1.53. The number of benzene rings is 4. The molecule has 0 aliphatic rings. The van der Waals surface area contributed by atoms with Crippen molar-refractivity contribution in [2.24, 2.45) is 0 Å². The second-order valence-corrected chi connectivity index (χ2v) is 11.2. The van der Waals surface area contributed by atoms with Crippen molar-refractivity contribution in [1.29, 1.82) is 0 Å². The molecule has 0 saturated carbocycles. The molecule has 0 aromatic heterocycles. The summed E-state index contributed by atoms with van der Waals surface area (Å²) in [6.45, 7) is 0.236. The fraction of sp³-hybridized carbons (Fsp3) is 0.263. The number of carboxylic acid groups (broad SMARTS) is 2. The van der Waals surface area contributed by atoms with Gasteiger partial charge in [-0.05, 0) is 59.4 Å². The molecule has 238 valence electrons. The molecule has 46 heavy (non-hydrogen) atoms. The molecule has 0 bridgehead atoms. The molecule has 0 atom stereocenters. The standard InChI is InChI=1S/C38H38O8/c39-34(40)16-10-2-1-3-11-25-38(37(43)44,32-21-17-30(18-22-32)35(41)45-26-28-12-6-4-7-13-28)33-23-19-31(20-24-33)36(42)46-27-29-14-8-5-9-15-29/h4-9,12-15,17-24H,1-3,10-11,16,25-27H2,(H,39,40)(H,43,44). The number of ether oxygens (including phenoxy) is 2. The molecular weight excluding hydrogens is 584 g/mol. The van der Waals surface area contributed by atoms with Crippen molar-refractivity contribution in [2.75, 3.05) is 0 Å². The molecule has 0 saturated heterocycles. The van der Waals surface area contributed by atoms with Gasteiger partial charge in [0.2, 0.25) is 0 Å². The Hall–Kier alpha value is -5.24. The van der Waals surface area contributed by atoms with Crippen LogP contribution >= 0.6 is 0 Å². The van der Waals surface area contributed by atoms with Gasteiger partial charge in [-0.25, -0.2) is 9.59 Å². The Bertz CT molecular complexity index is 1480. The van der Waals surface area contributed by atoms with Crippen molar-refractivity contribution >= 4 is 23.9 Å². The summed E-state index contributed by atoms with van der Waals surface area (Å²) < 4.78 is 10.9. The topological polar surface area (TPSA) is 127 Å². The predicted octanol–water partition coefficient (Wildman–Crippen LogP) is 7.59. The minimum atomic E-state index is -1.46. The lowest BCUT2D eigenvalue weighted by molar-refractivity contribution is -0.142. The highest BCUT2D eigenvalue weighted by molar-refractivity contribution is 5.92. The SMILES string of the molecule is O=C(O)CCCCCCCC(C(=O)O)(c1ccc(C(=O)OCc2ccccc2)cc1)c1ccc(C(=O)OCc2ccccc2)cc1. The van der Waals surface area contributed by atoms with Crippen LogP contribution in [0.3, 0.4) is 0 Å². The van der Waals surface area contributed by atoms with Crippen LogP contribution in [0.1, 0.15) is 87.9 Å². The van der Waals surface area contributed by atoms with Crippen LogP contribution in [0.5, 0.6) is 0 Å². The van der Waals surface area contributed by atoms with Gasteiger partial charge in [0.1, 0.15) is 18.6 Å². The molecule has 0 spiro atoms. The number of unbranched alkanes of at least 4 members (excludes halogenated alkanes) is 4. The normalized spacial score (nSPS) is 11.0. The summed E-state index contributed by atoms with van der Waals surface area (Å²) >= 11 is 0. The number of carboxylic acids is 2. The van der Waals surface area contributed by atoms with Crippen LogP contribution in [0.4, 0.5) is 0 Å². The van der Waals surface area contributed by atoms with Crippen LogP contribution in [0.25, 0.3) is 0 Å². The van der Waals surface area contributed by atoms with Crippen LogP contribution in [0, 0.1) is 0 Å². The molecule has 8 nitrogen and oxygen atoms in total. The lowest BCUT2D eigenvalue weighted by Gasteiger charge is -2.31. The van der Waals surface area contributed by atoms with Gasteiger partial charge >= 0.3 is 23.9 Å². The summed E-state index contributed by atoms with van der Waals surface area (Å²) in [5.41, 5.74) is 1.83. The summed E-state index contributed by atoms with van der Waals surface area (Å²) in [7, 11) is 0. The number of hydrogen-bond donors (Lipinski definition) is 2. The summed E-state index contributed by atoms with van der Waals surface area (Å²) in [6.07, 6.45) is 3.76. The number of carbonyl (C=O) groups excluding carboxylic acids is 2. The van der Waals surface area contributed by atoms with E-state index in [4.69, 9.17) is 14.6 Å². The monoisotopic (exact) mass is 622 g/mol. The number of carbonyl (C=O) groups is 4. The molecule has 0 heterocycles. The quantitative estimate of drug-likeness (QED) is 0.0911. The first kappa shape index (κ1) is 33.6. The molecule has 0 aliphatic heterocycles. The van der Waals surface area contributed by atoms with Crippen molar-refractivity contribution in [3.8, 4) is 0 Å². The van der Waals surface area contributed by atoms with E-state index >= 15 is 0 Å². The van der Waals surface area contributed by atoms with E-state index in [-0.39, 0.29) is 26.1 Å². The summed E-state index contributed by atoms with van der Waals surface area (Å²) in [6, 6.07) is 31.5. The molecule has 0 amide bonds. The fourth-order valence-corrected chi connectivity index (χ4v) is 5.40. The largest absolute Gasteiger partial charge is 0.481 e. The van der Waals surface area contributed by atoms with Crippen LogP contribution in [-0.2, 0) is 37.7 Å². The van der Waals surface area contributed by atoms with Crippen LogP contribution in [-0.4, -0.2) is 34.1 Å². The van der Waals surface area contributed by atoms with Gasteiger partial charge in [0.15, 0.2) is 0 Å². The molecule has 4 aromatic carbocycles. The zero-order valence-electron chi connectivity index (χ0n) is 25.6. The highest BCUT2D eigenvalue weighted by Gasteiger charge is 2.42. The highest BCUT2D eigenvalue weighted by atomic mass is 16.5. The van der Waals surface area contributed by atoms with Gasteiger partial charge in [-0.3, -0.25) is 9.59 Å². The highest BCUT2D eigenvalue weighted by Crippen LogP contribution is 2.38. The molecule has 2 N–H and O–H groups in total. The minimum Gasteiger partial charge on any atom is -0.481 e. The Labute approximate surface area is 268 Å². The maximum absolute atomic E-state index is 13.2. The van der Waals surface area contributed by atoms with Crippen molar-refractivity contribution in [2.45, 2.75) is 63.6 Å². The van der Waals surface area contributed by atoms with Gasteiger partial charge in [0.05, 0.1) is 11.1 Å². The average Bonchev–Trinajstić information content (AvgIpc) is 3.08. The van der Waals surface area contributed by atoms with Gasteiger partial charge in [-0.2, -0.15) is 0 Å². The van der Waals surface area contributed by atoms with Gasteiger partial charge in [0.25, 0.3) is 0 Å². The maximum atomic E-state index is 13.2. The van der Waals surface area contributed by atoms with E-state index in [0.29, 0.717) is 35.1 Å². The van der Waals surface area contributed by atoms with E-state index in [1.807, 2.05) is 60.7 Å². The third-order valence-corrected chi connectivity index (χ3v) is 7.96. The molecule has 0 fully saturated rings. The molecule has 4 aromatic rings. The second kappa shape index (κ2) is 16.7. The lowest BCUT2D eigenvalue weighted by atomic mass is 9.70. The van der Waals surface area contributed by atoms with E-state index in [9.17, 15) is 24.3 Å². The molecule has 4 rings (SSSR count). The summed E-state index contributed by atoms with van der Waals surface area (Å²) in [4.78, 5) is 49.5. The van der Waals surface area contributed by atoms with Crippen molar-refractivity contribution in [3.63, 3.8) is 0 Å². The van der Waals surface area contributed by atoms with E-state index < -0.39 is 29.3 Å². The summed E-state index contributed by atoms with van der Waals surface area (Å²) in [5.74, 6) is -2.92. The smallest absolute Gasteiger partial charge is 0.338 e. The molecule has 0 unspecified atom stereocenters. The number of aliphatic carboxylic acids is 2. The van der Waals surface area contributed by atoms with E-state index in [2.05, 4.69) is 0 Å². The molecule has 8 heteroatoms. The third kappa shape index (κ3) is 9.14. The first-order valence-corrected chi connectivity index (χ1v) is 15.4. The number of hydrogen-bond acceptors (Lipinski definition) is 6. The van der Waals surface area contributed by atoms with E-state index in [1.165, 1.54) is 0 Å². The first-order valence-electron chi connectivity index (χ1n) is 15.4. The molecular formula is C38H38O8. The van der Waals surface area contributed by atoms with Gasteiger partial charge in [0, 0.05) is 6.42 Å². The minimum absolute atomic E-state index is 0.110. The number of rotatable bonds is 17. The Morgan fingerprint density at radius 3 is 1.35 bits per heavy atom. The summed E-state index contributed by atoms with van der Waals surface area (Å²) in [5, 5.41) is 19.6. The lowest BCUT2D eigenvalue weighted by Crippen LogP contribution is -2.37. The third-order valence-electron chi connectivity index (χ3n) is 7.96. The Morgan fingerprint density at radius 1 is 0.522 bits per heavy atom. The molecule has 0 aliphatic carbocycles. The predicted molar refractivity (Wildman–Crippen MR) is 172 cm³/mol. The van der Waals surface area contributed by atoms with Crippen LogP contribution in [0.15, 0.2) is 109 Å². The Kier molecular flexibility index (Phi) is 12.2. The first-order chi connectivity index (χ1) is 22.3. The van der Waals surface area contributed by atoms with Gasteiger partial charge < -0.3 is 19.7 Å². The zero-order chi connectivity index (χ0) is 32.8. The maximum Gasteiger partial charge on any atom is 0.338 e. The number of esters is 2. The van der Waals surface area contributed by atoms with Crippen molar-refractivity contribution in [1.82, 2.24) is 0 Å². The average molecular weight is 623 g/mol. The molecule has 0 radical (unpaired) electrons. The van der Waals surface area contributed by atoms with Crippen LogP contribution in [0.2, 0.25) is 0 Å². The Morgan fingerprint density at radius 2 is 0.935 bits per heavy atom. The van der Waals surface area contributed by atoms with E-state index in [0.717, 1.165) is 30.4 Å². The zero-order valence-corrected chi connectivity index (χ0v) is 25.6. The van der Waals surface area contributed by atoms with Gasteiger partial charge in [-0.1, -0.05) is 111 Å². The van der Waals surface area contributed by atoms with Crippen molar-refractivity contribution in [3.05, 3.63) is 143 Å². The van der Waals surface area contributed by atoms with Gasteiger partial charge in [-0.15, -0.1) is 0 Å². The van der Waals surface area contributed by atoms with E-state index in [1.54, 1.807) is 48.5 Å². The fourth-order valence-electron chi connectivity index (χ4n) is 5.40. The second-order valence-electron chi connectivity index (χ2n) is 11.2.